The van der Waals surface area contributed by atoms with Crippen LogP contribution in [0.5, 0.6) is 5.88 Å². The molecule has 2 aromatic carbocycles. The van der Waals surface area contributed by atoms with Crippen molar-refractivity contribution in [1.29, 1.82) is 0 Å². The minimum absolute atomic E-state index is 0.0711. The van der Waals surface area contributed by atoms with Gasteiger partial charge < -0.3 is 9.64 Å². The number of hydrogen-bond acceptors (Lipinski definition) is 3. The molecule has 1 amide bonds. The van der Waals surface area contributed by atoms with Crippen LogP contribution in [0.25, 0.3) is 10.9 Å². The van der Waals surface area contributed by atoms with Crippen LogP contribution in [0.4, 0.5) is 4.39 Å². The highest BCUT2D eigenvalue weighted by Crippen LogP contribution is 2.21. The van der Waals surface area contributed by atoms with Crippen molar-refractivity contribution < 1.29 is 13.9 Å². The maximum absolute atomic E-state index is 13.6. The maximum atomic E-state index is 13.6. The number of fused-ring (bicyclic) bond motifs is 1. The van der Waals surface area contributed by atoms with Crippen molar-refractivity contribution in [3.05, 3.63) is 72.0 Å². The van der Waals surface area contributed by atoms with E-state index in [1.807, 2.05) is 36.4 Å². The highest BCUT2D eigenvalue weighted by Gasteiger charge is 2.32. The number of likely N-dealkylation sites (tertiary alicyclic amines) is 1. The lowest BCUT2D eigenvalue weighted by Crippen LogP contribution is -2.56. The Bertz CT molecular complexity index is 922. The van der Waals surface area contributed by atoms with Gasteiger partial charge in [-0.2, -0.15) is 0 Å². The van der Waals surface area contributed by atoms with E-state index in [1.165, 1.54) is 6.07 Å². The number of halogens is 1. The summed E-state index contributed by atoms with van der Waals surface area (Å²) < 4.78 is 19.5. The van der Waals surface area contributed by atoms with Crippen LogP contribution in [0, 0.1) is 5.82 Å². The summed E-state index contributed by atoms with van der Waals surface area (Å²) in [6.07, 6.45) is 0.00592. The molecule has 0 saturated carbocycles. The van der Waals surface area contributed by atoms with Crippen LogP contribution in [-0.2, 0) is 11.2 Å². The molecule has 1 aliphatic heterocycles. The highest BCUT2D eigenvalue weighted by molar-refractivity contribution is 5.80. The number of para-hydroxylation sites is 1. The molecule has 5 heteroatoms. The summed E-state index contributed by atoms with van der Waals surface area (Å²) in [5.74, 6) is 0.130. The average molecular weight is 336 g/mol. The Hall–Kier alpha value is -2.95. The molecule has 25 heavy (non-hydrogen) atoms. The van der Waals surface area contributed by atoms with E-state index in [2.05, 4.69) is 4.98 Å². The van der Waals surface area contributed by atoms with Gasteiger partial charge in [0.15, 0.2) is 0 Å². The first-order valence-electron chi connectivity index (χ1n) is 8.23. The van der Waals surface area contributed by atoms with E-state index in [0.29, 0.717) is 24.5 Å². The second kappa shape index (κ2) is 6.51. The fourth-order valence-electron chi connectivity index (χ4n) is 2.92. The zero-order valence-electron chi connectivity index (χ0n) is 13.6. The first-order valence-corrected chi connectivity index (χ1v) is 8.23. The monoisotopic (exact) mass is 336 g/mol. The lowest BCUT2D eigenvalue weighted by atomic mass is 10.1. The summed E-state index contributed by atoms with van der Waals surface area (Å²) in [5, 5.41) is 1.06. The minimum atomic E-state index is -0.343. The van der Waals surface area contributed by atoms with E-state index in [4.69, 9.17) is 4.74 Å². The molecular weight excluding hydrogens is 319 g/mol. The van der Waals surface area contributed by atoms with Crippen molar-refractivity contribution in [2.75, 3.05) is 13.1 Å². The zero-order chi connectivity index (χ0) is 17.2. The van der Waals surface area contributed by atoms with Gasteiger partial charge in [-0.15, -0.1) is 0 Å². The second-order valence-corrected chi connectivity index (χ2v) is 6.15. The van der Waals surface area contributed by atoms with Crippen molar-refractivity contribution in [2.24, 2.45) is 0 Å². The Balaban J connectivity index is 1.33. The number of amides is 1. The van der Waals surface area contributed by atoms with Gasteiger partial charge in [-0.1, -0.05) is 36.4 Å². The van der Waals surface area contributed by atoms with Gasteiger partial charge in [0, 0.05) is 11.5 Å². The number of rotatable bonds is 4. The van der Waals surface area contributed by atoms with E-state index in [9.17, 15) is 9.18 Å². The molecule has 126 valence electrons. The predicted molar refractivity (Wildman–Crippen MR) is 92.8 cm³/mol. The molecule has 0 bridgehead atoms. The van der Waals surface area contributed by atoms with Gasteiger partial charge in [0.2, 0.25) is 11.8 Å². The van der Waals surface area contributed by atoms with Crippen LogP contribution in [0.15, 0.2) is 60.7 Å². The minimum Gasteiger partial charge on any atom is -0.471 e. The normalized spacial score (nSPS) is 14.4. The Morgan fingerprint density at radius 1 is 1.08 bits per heavy atom. The van der Waals surface area contributed by atoms with Crippen molar-refractivity contribution in [3.63, 3.8) is 0 Å². The molecule has 1 fully saturated rings. The fraction of sp³-hybridized carbons (Fsp3) is 0.200. The number of carbonyl (C=O) groups excluding carboxylic acids is 1. The molecule has 0 atom stereocenters. The Labute approximate surface area is 144 Å². The summed E-state index contributed by atoms with van der Waals surface area (Å²) >= 11 is 0. The number of hydrogen-bond donors (Lipinski definition) is 0. The van der Waals surface area contributed by atoms with Crippen molar-refractivity contribution in [2.45, 2.75) is 12.5 Å². The van der Waals surface area contributed by atoms with Crippen molar-refractivity contribution in [1.82, 2.24) is 9.88 Å². The van der Waals surface area contributed by atoms with Crippen LogP contribution >= 0.6 is 0 Å². The molecule has 3 aromatic rings. The van der Waals surface area contributed by atoms with Gasteiger partial charge in [-0.25, -0.2) is 9.37 Å². The number of nitrogens with zero attached hydrogens (tertiary/aromatic N) is 2. The standard InChI is InChI=1S/C20H17FN2O2/c21-17-7-3-1-6-15(17)11-20(24)23-12-16(13-23)25-19-10-9-14-5-2-4-8-18(14)22-19/h1-10,16H,11-13H2. The van der Waals surface area contributed by atoms with Crippen LogP contribution in [0.3, 0.4) is 0 Å². The molecule has 1 aliphatic rings. The van der Waals surface area contributed by atoms with Gasteiger partial charge in [-0.05, 0) is 23.8 Å². The third-order valence-electron chi connectivity index (χ3n) is 4.36. The molecule has 0 aliphatic carbocycles. The Morgan fingerprint density at radius 2 is 1.84 bits per heavy atom. The molecule has 0 spiro atoms. The largest absolute Gasteiger partial charge is 0.471 e. The van der Waals surface area contributed by atoms with Gasteiger partial charge >= 0.3 is 0 Å². The third kappa shape index (κ3) is 3.31. The van der Waals surface area contributed by atoms with Gasteiger partial charge in [-0.3, -0.25) is 4.79 Å². The molecular formula is C20H17FN2O2. The highest BCUT2D eigenvalue weighted by atomic mass is 19.1. The molecule has 2 heterocycles. The fourth-order valence-corrected chi connectivity index (χ4v) is 2.92. The number of benzene rings is 2. The molecule has 0 radical (unpaired) electrons. The third-order valence-corrected chi connectivity index (χ3v) is 4.36. The topological polar surface area (TPSA) is 42.4 Å². The van der Waals surface area contributed by atoms with Crippen LogP contribution in [-0.4, -0.2) is 35.0 Å². The number of ether oxygens (including phenoxy) is 1. The quantitative estimate of drug-likeness (QED) is 0.735. The summed E-state index contributed by atoms with van der Waals surface area (Å²) in [6.45, 7) is 1.00. The lowest BCUT2D eigenvalue weighted by Gasteiger charge is -2.38. The van der Waals surface area contributed by atoms with Crippen LogP contribution in [0.1, 0.15) is 5.56 Å². The van der Waals surface area contributed by atoms with E-state index >= 15 is 0 Å². The van der Waals surface area contributed by atoms with Gasteiger partial charge in [0.25, 0.3) is 0 Å². The SMILES string of the molecule is O=C(Cc1ccccc1F)N1CC(Oc2ccc3ccccc3n2)C1. The Morgan fingerprint density at radius 3 is 2.68 bits per heavy atom. The average Bonchev–Trinajstić information content (AvgIpc) is 2.59. The van der Waals surface area contributed by atoms with Crippen molar-refractivity contribution >= 4 is 16.8 Å². The van der Waals surface area contributed by atoms with E-state index in [0.717, 1.165) is 10.9 Å². The number of pyridine rings is 1. The number of carbonyl (C=O) groups is 1. The van der Waals surface area contributed by atoms with Gasteiger partial charge in [0.1, 0.15) is 11.9 Å². The number of aromatic nitrogens is 1. The van der Waals surface area contributed by atoms with Crippen molar-refractivity contribution in [3.8, 4) is 5.88 Å². The first kappa shape index (κ1) is 15.6. The predicted octanol–water partition coefficient (Wildman–Crippen LogP) is 3.21. The molecule has 1 saturated heterocycles. The summed E-state index contributed by atoms with van der Waals surface area (Å²) in [4.78, 5) is 18.4. The van der Waals surface area contributed by atoms with E-state index in [-0.39, 0.29) is 24.2 Å². The van der Waals surface area contributed by atoms with Crippen LogP contribution < -0.4 is 4.74 Å². The zero-order valence-corrected chi connectivity index (χ0v) is 13.6. The maximum Gasteiger partial charge on any atom is 0.227 e. The van der Waals surface area contributed by atoms with Crippen LogP contribution in [0.2, 0.25) is 0 Å². The second-order valence-electron chi connectivity index (χ2n) is 6.15. The lowest BCUT2D eigenvalue weighted by molar-refractivity contribution is -0.139. The summed E-state index contributed by atoms with van der Waals surface area (Å²) in [7, 11) is 0. The molecule has 4 rings (SSSR count). The van der Waals surface area contributed by atoms with E-state index < -0.39 is 0 Å². The van der Waals surface area contributed by atoms with Gasteiger partial charge in [0.05, 0.1) is 25.0 Å². The summed E-state index contributed by atoms with van der Waals surface area (Å²) in [5.41, 5.74) is 1.31. The molecule has 4 nitrogen and oxygen atoms in total. The Kier molecular flexibility index (Phi) is 4.06. The summed E-state index contributed by atoms with van der Waals surface area (Å²) in [6, 6.07) is 18.0. The molecule has 0 unspecified atom stereocenters. The molecule has 1 aromatic heterocycles. The molecule has 0 N–H and O–H groups in total. The first-order chi connectivity index (χ1) is 12.2. The van der Waals surface area contributed by atoms with E-state index in [1.54, 1.807) is 23.1 Å². The smallest absolute Gasteiger partial charge is 0.227 e.